The maximum atomic E-state index is 5.71. The highest BCUT2D eigenvalue weighted by atomic mass is 16.5. The summed E-state index contributed by atoms with van der Waals surface area (Å²) in [6.45, 7) is 10.2. The standard InChI is InChI=1S/C14H24N2O/c1-5-17-14(11(2)3)7-9-16-13-6-8-15-12(4)10-13/h6,8,10-11,14H,5,7,9H2,1-4H3,(H,15,16). The first-order valence-electron chi connectivity index (χ1n) is 6.41. The van der Waals surface area contributed by atoms with Crippen molar-refractivity contribution in [3.63, 3.8) is 0 Å². The summed E-state index contributed by atoms with van der Waals surface area (Å²) in [5.41, 5.74) is 2.18. The average Bonchev–Trinajstić information content (AvgIpc) is 2.28. The van der Waals surface area contributed by atoms with Crippen molar-refractivity contribution in [2.45, 2.75) is 40.2 Å². The van der Waals surface area contributed by atoms with Gasteiger partial charge in [-0.15, -0.1) is 0 Å². The van der Waals surface area contributed by atoms with Crippen LogP contribution in [0.5, 0.6) is 0 Å². The number of nitrogens with one attached hydrogen (secondary N) is 1. The van der Waals surface area contributed by atoms with E-state index < -0.39 is 0 Å². The third-order valence-corrected chi connectivity index (χ3v) is 2.78. The fourth-order valence-electron chi connectivity index (χ4n) is 1.84. The highest BCUT2D eigenvalue weighted by molar-refractivity contribution is 5.42. The highest BCUT2D eigenvalue weighted by Gasteiger charge is 2.12. The van der Waals surface area contributed by atoms with Crippen LogP contribution >= 0.6 is 0 Å². The summed E-state index contributed by atoms with van der Waals surface area (Å²) in [7, 11) is 0. The molecule has 0 saturated heterocycles. The number of anilines is 1. The number of hydrogen-bond acceptors (Lipinski definition) is 3. The summed E-state index contributed by atoms with van der Waals surface area (Å²) in [4.78, 5) is 4.18. The number of pyridine rings is 1. The Morgan fingerprint density at radius 1 is 1.41 bits per heavy atom. The van der Waals surface area contributed by atoms with Crippen LogP contribution in [0.4, 0.5) is 5.69 Å². The van der Waals surface area contributed by atoms with Crippen LogP contribution in [0.3, 0.4) is 0 Å². The maximum absolute atomic E-state index is 5.71. The van der Waals surface area contributed by atoms with Crippen LogP contribution in [-0.2, 0) is 4.74 Å². The topological polar surface area (TPSA) is 34.1 Å². The fourth-order valence-corrected chi connectivity index (χ4v) is 1.84. The van der Waals surface area contributed by atoms with Gasteiger partial charge in [0, 0.05) is 30.7 Å². The molecule has 0 radical (unpaired) electrons. The van der Waals surface area contributed by atoms with Gasteiger partial charge >= 0.3 is 0 Å². The van der Waals surface area contributed by atoms with Gasteiger partial charge in [0.1, 0.15) is 0 Å². The molecule has 0 aliphatic carbocycles. The Morgan fingerprint density at radius 2 is 2.18 bits per heavy atom. The second-order valence-corrected chi connectivity index (χ2v) is 4.64. The summed E-state index contributed by atoms with van der Waals surface area (Å²) in [5.74, 6) is 0.566. The largest absolute Gasteiger partial charge is 0.385 e. The van der Waals surface area contributed by atoms with E-state index in [1.807, 2.05) is 19.2 Å². The van der Waals surface area contributed by atoms with Gasteiger partial charge in [-0.2, -0.15) is 0 Å². The Hall–Kier alpha value is -1.09. The molecule has 1 heterocycles. The number of aromatic nitrogens is 1. The Kier molecular flexibility index (Phi) is 5.98. The van der Waals surface area contributed by atoms with E-state index in [2.05, 4.69) is 37.1 Å². The van der Waals surface area contributed by atoms with Gasteiger partial charge in [0.25, 0.3) is 0 Å². The molecule has 3 nitrogen and oxygen atoms in total. The molecule has 17 heavy (non-hydrogen) atoms. The van der Waals surface area contributed by atoms with Crippen LogP contribution in [0, 0.1) is 12.8 Å². The van der Waals surface area contributed by atoms with E-state index in [0.717, 1.165) is 31.0 Å². The zero-order valence-corrected chi connectivity index (χ0v) is 11.4. The van der Waals surface area contributed by atoms with E-state index in [0.29, 0.717) is 12.0 Å². The molecule has 96 valence electrons. The second kappa shape index (κ2) is 7.28. The lowest BCUT2D eigenvalue weighted by molar-refractivity contribution is 0.0273. The van der Waals surface area contributed by atoms with Crippen molar-refractivity contribution in [3.8, 4) is 0 Å². The number of aryl methyl sites for hydroxylation is 1. The minimum atomic E-state index is 0.343. The van der Waals surface area contributed by atoms with E-state index in [4.69, 9.17) is 4.74 Å². The summed E-state index contributed by atoms with van der Waals surface area (Å²) < 4.78 is 5.71. The predicted octanol–water partition coefficient (Wildman–Crippen LogP) is 3.25. The lowest BCUT2D eigenvalue weighted by atomic mass is 10.0. The van der Waals surface area contributed by atoms with E-state index >= 15 is 0 Å². The van der Waals surface area contributed by atoms with Gasteiger partial charge in [-0.1, -0.05) is 13.8 Å². The summed E-state index contributed by atoms with van der Waals surface area (Å²) in [6.07, 6.45) is 3.21. The maximum Gasteiger partial charge on any atom is 0.0614 e. The predicted molar refractivity (Wildman–Crippen MR) is 72.3 cm³/mol. The fraction of sp³-hybridized carbons (Fsp3) is 0.643. The van der Waals surface area contributed by atoms with Crippen LogP contribution in [-0.4, -0.2) is 24.2 Å². The van der Waals surface area contributed by atoms with Gasteiger partial charge < -0.3 is 10.1 Å². The van der Waals surface area contributed by atoms with Crippen LogP contribution in [0.25, 0.3) is 0 Å². The monoisotopic (exact) mass is 236 g/mol. The van der Waals surface area contributed by atoms with Crippen LogP contribution < -0.4 is 5.32 Å². The molecule has 0 aromatic carbocycles. The molecule has 1 unspecified atom stereocenters. The molecule has 3 heteroatoms. The first-order chi connectivity index (χ1) is 8.13. The van der Waals surface area contributed by atoms with Crippen molar-refractivity contribution in [2.24, 2.45) is 5.92 Å². The average molecular weight is 236 g/mol. The number of rotatable bonds is 7. The third kappa shape index (κ3) is 5.18. The van der Waals surface area contributed by atoms with Gasteiger partial charge in [0.15, 0.2) is 0 Å². The molecular formula is C14H24N2O. The minimum absolute atomic E-state index is 0.343. The quantitative estimate of drug-likeness (QED) is 0.789. The molecule has 0 bridgehead atoms. The molecule has 1 aromatic rings. The lowest BCUT2D eigenvalue weighted by Crippen LogP contribution is -2.23. The van der Waals surface area contributed by atoms with Gasteiger partial charge in [-0.25, -0.2) is 0 Å². The summed E-state index contributed by atoms with van der Waals surface area (Å²) in [5, 5.41) is 3.41. The minimum Gasteiger partial charge on any atom is -0.385 e. The number of nitrogens with zero attached hydrogens (tertiary/aromatic N) is 1. The molecule has 1 rings (SSSR count). The van der Waals surface area contributed by atoms with E-state index in [-0.39, 0.29) is 0 Å². The molecule has 1 N–H and O–H groups in total. The number of ether oxygens (including phenoxy) is 1. The van der Waals surface area contributed by atoms with E-state index in [9.17, 15) is 0 Å². The van der Waals surface area contributed by atoms with Crippen LogP contribution in [0.2, 0.25) is 0 Å². The molecule has 1 atom stereocenters. The van der Waals surface area contributed by atoms with E-state index in [1.54, 1.807) is 0 Å². The van der Waals surface area contributed by atoms with Crippen molar-refractivity contribution < 1.29 is 4.74 Å². The van der Waals surface area contributed by atoms with Gasteiger partial charge in [-0.3, -0.25) is 4.98 Å². The van der Waals surface area contributed by atoms with Crippen molar-refractivity contribution in [2.75, 3.05) is 18.5 Å². The van der Waals surface area contributed by atoms with Gasteiger partial charge in [0.2, 0.25) is 0 Å². The Labute approximate surface area is 105 Å². The Morgan fingerprint density at radius 3 is 2.76 bits per heavy atom. The molecule has 1 aromatic heterocycles. The lowest BCUT2D eigenvalue weighted by Gasteiger charge is -2.21. The zero-order chi connectivity index (χ0) is 12.7. The molecule has 0 aliphatic rings. The van der Waals surface area contributed by atoms with Gasteiger partial charge in [-0.05, 0) is 38.3 Å². The smallest absolute Gasteiger partial charge is 0.0614 e. The molecule has 0 spiro atoms. The summed E-state index contributed by atoms with van der Waals surface area (Å²) >= 11 is 0. The van der Waals surface area contributed by atoms with Crippen LogP contribution in [0.1, 0.15) is 32.9 Å². The normalized spacial score (nSPS) is 12.8. The second-order valence-electron chi connectivity index (χ2n) is 4.64. The molecular weight excluding hydrogens is 212 g/mol. The third-order valence-electron chi connectivity index (χ3n) is 2.78. The van der Waals surface area contributed by atoms with Crippen molar-refractivity contribution in [1.29, 1.82) is 0 Å². The van der Waals surface area contributed by atoms with Crippen molar-refractivity contribution in [3.05, 3.63) is 24.0 Å². The zero-order valence-electron chi connectivity index (χ0n) is 11.4. The Bertz CT molecular complexity index is 326. The SMILES string of the molecule is CCOC(CCNc1ccnc(C)c1)C(C)C. The van der Waals surface area contributed by atoms with Crippen molar-refractivity contribution >= 4 is 5.69 Å². The first kappa shape index (κ1) is 14.0. The molecule has 0 fully saturated rings. The first-order valence-corrected chi connectivity index (χ1v) is 6.41. The summed E-state index contributed by atoms with van der Waals surface area (Å²) in [6, 6.07) is 4.06. The number of hydrogen-bond donors (Lipinski definition) is 1. The Balaban J connectivity index is 2.35. The van der Waals surface area contributed by atoms with Crippen molar-refractivity contribution in [1.82, 2.24) is 4.98 Å². The molecule has 0 amide bonds. The van der Waals surface area contributed by atoms with Crippen LogP contribution in [0.15, 0.2) is 18.3 Å². The van der Waals surface area contributed by atoms with E-state index in [1.165, 1.54) is 0 Å². The highest BCUT2D eigenvalue weighted by Crippen LogP contribution is 2.12. The van der Waals surface area contributed by atoms with Gasteiger partial charge in [0.05, 0.1) is 6.10 Å². The molecule has 0 aliphatic heterocycles. The molecule has 0 saturated carbocycles.